The lowest BCUT2D eigenvalue weighted by Crippen LogP contribution is -2.21. The second kappa shape index (κ2) is 9.30. The van der Waals surface area contributed by atoms with Crippen molar-refractivity contribution in [1.82, 2.24) is 30.4 Å². The molecular formula is C20H28N10OS. The molecule has 4 rings (SSSR count). The average molecular weight is 457 g/mol. The number of nitrogens with one attached hydrogen (secondary N) is 2. The number of nitrogens with two attached hydrogens (primary N) is 1. The highest BCUT2D eigenvalue weighted by Gasteiger charge is 2.14. The number of hydrogen-bond acceptors (Lipinski definition) is 10. The number of likely N-dealkylation sites (N-methyl/N-ethyl adjacent to an activating group) is 1. The summed E-state index contributed by atoms with van der Waals surface area (Å²) in [4.78, 5) is 17.3. The molecule has 0 saturated carbocycles. The third-order valence-corrected chi connectivity index (χ3v) is 6.12. The fraction of sp³-hybridized carbons (Fsp3) is 0.400. The molecule has 0 unspecified atom stereocenters. The van der Waals surface area contributed by atoms with Crippen LogP contribution in [0, 0.1) is 6.92 Å². The first-order chi connectivity index (χ1) is 15.4. The lowest BCUT2D eigenvalue weighted by atomic mass is 10.3. The summed E-state index contributed by atoms with van der Waals surface area (Å²) in [5.41, 5.74) is 5.61. The topological polar surface area (TPSA) is 132 Å². The molecule has 0 bridgehead atoms. The number of aromatic amines is 2. The Balaban J connectivity index is 1.28. The van der Waals surface area contributed by atoms with Gasteiger partial charge in [0.05, 0.1) is 13.1 Å². The van der Waals surface area contributed by atoms with Gasteiger partial charge in [0.1, 0.15) is 11.5 Å². The van der Waals surface area contributed by atoms with Gasteiger partial charge in [-0.2, -0.15) is 9.97 Å². The highest BCUT2D eigenvalue weighted by atomic mass is 32.1. The van der Waals surface area contributed by atoms with Gasteiger partial charge in [-0.3, -0.25) is 0 Å². The molecule has 32 heavy (non-hydrogen) atoms. The normalized spacial score (nSPS) is 11.1. The maximum absolute atomic E-state index is 5.64. The van der Waals surface area contributed by atoms with E-state index in [0.717, 1.165) is 37.0 Å². The highest BCUT2D eigenvalue weighted by Crippen LogP contribution is 2.21. The summed E-state index contributed by atoms with van der Waals surface area (Å²) in [6.45, 7) is 4.10. The molecule has 12 heteroatoms. The van der Waals surface area contributed by atoms with Crippen LogP contribution in [0.5, 0.6) is 0 Å². The molecular weight excluding hydrogens is 428 g/mol. The second-order valence-electron chi connectivity index (χ2n) is 7.74. The molecule has 4 aromatic heterocycles. The molecule has 0 radical (unpaired) electrons. The zero-order valence-corrected chi connectivity index (χ0v) is 19.5. The Labute approximate surface area is 190 Å². The standard InChI is InChI=1S/C20H28N10OS/c1-13-5-6-14(31-13)11-29(3)20-23-19(26-27-20)28(2)10-9-15-7-8-16(32-15)12-30(4)18-22-17(21)24-25-18/h5-8H,9-12H2,1-4H3,(H,23,26,27)(H3,21,22,24,25). The molecule has 0 aromatic carbocycles. The molecule has 4 aromatic rings. The molecule has 0 saturated heterocycles. The van der Waals surface area contributed by atoms with Crippen LogP contribution in [0.15, 0.2) is 28.7 Å². The van der Waals surface area contributed by atoms with Crippen LogP contribution in [0.1, 0.15) is 21.3 Å². The van der Waals surface area contributed by atoms with Gasteiger partial charge in [-0.25, -0.2) is 10.2 Å². The fourth-order valence-electron chi connectivity index (χ4n) is 3.23. The maximum Gasteiger partial charge on any atom is 0.246 e. The quantitative estimate of drug-likeness (QED) is 0.329. The molecule has 0 aliphatic carbocycles. The minimum Gasteiger partial charge on any atom is -0.464 e. The number of nitrogen functional groups attached to an aromatic ring is 1. The Hall–Kier alpha value is -3.54. The molecule has 0 atom stereocenters. The zero-order chi connectivity index (χ0) is 22.7. The highest BCUT2D eigenvalue weighted by molar-refractivity contribution is 7.12. The monoisotopic (exact) mass is 456 g/mol. The van der Waals surface area contributed by atoms with Gasteiger partial charge >= 0.3 is 0 Å². The summed E-state index contributed by atoms with van der Waals surface area (Å²) in [5.74, 6) is 4.06. The predicted molar refractivity (Wildman–Crippen MR) is 126 cm³/mol. The largest absolute Gasteiger partial charge is 0.464 e. The summed E-state index contributed by atoms with van der Waals surface area (Å²) in [6.07, 6.45) is 0.913. The zero-order valence-electron chi connectivity index (χ0n) is 18.7. The van der Waals surface area contributed by atoms with E-state index in [1.165, 1.54) is 9.75 Å². The van der Waals surface area contributed by atoms with Gasteiger partial charge in [-0.15, -0.1) is 21.5 Å². The number of anilines is 4. The first-order valence-electron chi connectivity index (χ1n) is 10.2. The first-order valence-corrected chi connectivity index (χ1v) is 11.1. The van der Waals surface area contributed by atoms with Gasteiger partial charge in [0.15, 0.2) is 0 Å². The summed E-state index contributed by atoms with van der Waals surface area (Å²) in [7, 11) is 5.90. The Morgan fingerprint density at radius 1 is 0.906 bits per heavy atom. The molecule has 0 aliphatic rings. The van der Waals surface area contributed by atoms with E-state index in [-0.39, 0.29) is 0 Å². The van der Waals surface area contributed by atoms with Crippen LogP contribution in [-0.2, 0) is 19.5 Å². The predicted octanol–water partition coefficient (Wildman–Crippen LogP) is 2.42. The summed E-state index contributed by atoms with van der Waals surface area (Å²) >= 11 is 1.78. The average Bonchev–Trinajstić information content (AvgIpc) is 3.54. The van der Waals surface area contributed by atoms with E-state index in [0.29, 0.717) is 24.4 Å². The minimum absolute atomic E-state index is 0.319. The summed E-state index contributed by atoms with van der Waals surface area (Å²) in [5, 5.41) is 14.1. The Kier molecular flexibility index (Phi) is 6.30. The van der Waals surface area contributed by atoms with Crippen molar-refractivity contribution >= 4 is 35.1 Å². The van der Waals surface area contributed by atoms with E-state index in [1.54, 1.807) is 11.3 Å². The smallest absolute Gasteiger partial charge is 0.246 e. The number of nitrogens with zero attached hydrogens (tertiary/aromatic N) is 7. The van der Waals surface area contributed by atoms with Crippen molar-refractivity contribution in [3.63, 3.8) is 0 Å². The molecule has 4 N–H and O–H groups in total. The summed E-state index contributed by atoms with van der Waals surface area (Å²) < 4.78 is 5.64. The number of aromatic nitrogens is 6. The van der Waals surface area contributed by atoms with Crippen LogP contribution in [0.3, 0.4) is 0 Å². The number of H-pyrrole nitrogens is 2. The molecule has 11 nitrogen and oxygen atoms in total. The molecule has 170 valence electrons. The van der Waals surface area contributed by atoms with Crippen LogP contribution in [0.4, 0.5) is 23.8 Å². The number of aryl methyl sites for hydroxylation is 1. The van der Waals surface area contributed by atoms with E-state index >= 15 is 0 Å². The van der Waals surface area contributed by atoms with E-state index in [2.05, 4.69) is 47.4 Å². The maximum atomic E-state index is 5.64. The molecule has 4 heterocycles. The van der Waals surface area contributed by atoms with Crippen LogP contribution in [0.25, 0.3) is 0 Å². The van der Waals surface area contributed by atoms with Crippen LogP contribution < -0.4 is 20.4 Å². The number of furan rings is 1. The van der Waals surface area contributed by atoms with E-state index in [9.17, 15) is 0 Å². The van der Waals surface area contributed by atoms with Crippen LogP contribution in [-0.4, -0.2) is 58.1 Å². The van der Waals surface area contributed by atoms with Gasteiger partial charge in [-0.1, -0.05) is 0 Å². The van der Waals surface area contributed by atoms with Crippen LogP contribution >= 0.6 is 11.3 Å². The molecule has 0 spiro atoms. The number of hydrogen-bond donors (Lipinski definition) is 3. The van der Waals surface area contributed by atoms with E-state index in [4.69, 9.17) is 10.2 Å². The molecule has 0 aliphatic heterocycles. The van der Waals surface area contributed by atoms with Crippen molar-refractivity contribution in [2.45, 2.75) is 26.4 Å². The van der Waals surface area contributed by atoms with Crippen LogP contribution in [0.2, 0.25) is 0 Å². The Bertz CT molecular complexity index is 1140. The van der Waals surface area contributed by atoms with Gasteiger partial charge in [0.2, 0.25) is 23.8 Å². The Morgan fingerprint density at radius 3 is 2.34 bits per heavy atom. The van der Waals surface area contributed by atoms with E-state index in [1.807, 2.05) is 50.0 Å². The summed E-state index contributed by atoms with van der Waals surface area (Å²) in [6, 6.07) is 8.24. The molecule has 0 amide bonds. The van der Waals surface area contributed by atoms with Crippen molar-refractivity contribution in [1.29, 1.82) is 0 Å². The number of thiophene rings is 1. The lowest BCUT2D eigenvalue weighted by Gasteiger charge is -2.15. The SMILES string of the molecule is Cc1ccc(CN(C)c2n[nH]c(N(C)CCc3ccc(CN(C)c4n[nH]c(N)n4)s3)n2)o1. The van der Waals surface area contributed by atoms with Gasteiger partial charge < -0.3 is 24.9 Å². The van der Waals surface area contributed by atoms with Gasteiger partial charge in [0.25, 0.3) is 0 Å². The van der Waals surface area contributed by atoms with Gasteiger partial charge in [0, 0.05) is 37.4 Å². The molecule has 0 fully saturated rings. The third kappa shape index (κ3) is 5.19. The lowest BCUT2D eigenvalue weighted by molar-refractivity contribution is 0.480. The van der Waals surface area contributed by atoms with Crippen molar-refractivity contribution in [3.05, 3.63) is 45.5 Å². The van der Waals surface area contributed by atoms with Crippen molar-refractivity contribution < 1.29 is 4.42 Å². The van der Waals surface area contributed by atoms with Crippen molar-refractivity contribution in [2.75, 3.05) is 48.1 Å². The van der Waals surface area contributed by atoms with E-state index < -0.39 is 0 Å². The third-order valence-electron chi connectivity index (χ3n) is 4.99. The van der Waals surface area contributed by atoms with Gasteiger partial charge in [-0.05, 0) is 37.6 Å². The fourth-order valence-corrected chi connectivity index (χ4v) is 4.29. The first kappa shape index (κ1) is 21.7. The second-order valence-corrected chi connectivity index (χ2v) is 9.00. The number of rotatable bonds is 10. The van der Waals surface area contributed by atoms with Crippen molar-refractivity contribution in [3.8, 4) is 0 Å². The minimum atomic E-state index is 0.319. The van der Waals surface area contributed by atoms with Crippen molar-refractivity contribution in [2.24, 2.45) is 0 Å². The Morgan fingerprint density at radius 2 is 1.62 bits per heavy atom.